The molecular weight excluding hydrogens is 330 g/mol. The first-order valence-corrected chi connectivity index (χ1v) is 7.72. The molecule has 3 nitrogen and oxygen atoms in total. The van der Waals surface area contributed by atoms with Crippen LogP contribution in [0.1, 0.15) is 33.9 Å². The Hall–Kier alpha value is -1.81. The van der Waals surface area contributed by atoms with Crippen LogP contribution >= 0.6 is 15.9 Å². The second kappa shape index (κ2) is 5.90. The number of para-hydroxylation sites is 1. The lowest BCUT2D eigenvalue weighted by Gasteiger charge is -2.26. The number of hydrogen-bond donors (Lipinski definition) is 1. The molecule has 0 saturated heterocycles. The van der Waals surface area contributed by atoms with Gasteiger partial charge in [-0.2, -0.15) is 0 Å². The van der Waals surface area contributed by atoms with Crippen LogP contribution in [0.3, 0.4) is 0 Å². The van der Waals surface area contributed by atoms with Gasteiger partial charge in [-0.1, -0.05) is 34.1 Å². The summed E-state index contributed by atoms with van der Waals surface area (Å²) in [6.45, 7) is 2.60. The molecule has 1 aliphatic rings. The maximum absolute atomic E-state index is 12.5. The minimum Gasteiger partial charge on any atom is -0.493 e. The highest BCUT2D eigenvalue weighted by atomic mass is 79.9. The summed E-state index contributed by atoms with van der Waals surface area (Å²) >= 11 is 3.43. The van der Waals surface area contributed by atoms with Gasteiger partial charge in [-0.25, -0.2) is 0 Å². The van der Waals surface area contributed by atoms with Crippen molar-refractivity contribution in [3.05, 3.63) is 63.6 Å². The number of rotatable bonds is 2. The van der Waals surface area contributed by atoms with E-state index in [1.165, 1.54) is 0 Å². The molecule has 3 rings (SSSR count). The largest absolute Gasteiger partial charge is 0.493 e. The summed E-state index contributed by atoms with van der Waals surface area (Å²) in [7, 11) is 0. The number of benzene rings is 2. The summed E-state index contributed by atoms with van der Waals surface area (Å²) in [5, 5.41) is 3.11. The lowest BCUT2D eigenvalue weighted by molar-refractivity contribution is 0.0924. The summed E-state index contributed by atoms with van der Waals surface area (Å²) in [6, 6.07) is 13.6. The fourth-order valence-electron chi connectivity index (χ4n) is 2.60. The summed E-state index contributed by atoms with van der Waals surface area (Å²) in [4.78, 5) is 12.5. The van der Waals surface area contributed by atoms with Crippen molar-refractivity contribution in [3.63, 3.8) is 0 Å². The number of nitrogens with one attached hydrogen (secondary N) is 1. The van der Waals surface area contributed by atoms with Gasteiger partial charge < -0.3 is 10.1 Å². The zero-order valence-corrected chi connectivity index (χ0v) is 13.3. The molecule has 4 heteroatoms. The highest BCUT2D eigenvalue weighted by Crippen LogP contribution is 2.31. The maximum Gasteiger partial charge on any atom is 0.251 e. The number of carbonyl (C=O) groups is 1. The minimum atomic E-state index is -0.0545. The second-order valence-corrected chi connectivity index (χ2v) is 6.13. The molecule has 2 aromatic carbocycles. The van der Waals surface area contributed by atoms with Crippen molar-refractivity contribution in [2.75, 3.05) is 6.61 Å². The Kier molecular flexibility index (Phi) is 3.97. The monoisotopic (exact) mass is 345 g/mol. The molecule has 1 aliphatic heterocycles. The molecule has 0 spiro atoms. The van der Waals surface area contributed by atoms with Crippen LogP contribution in [0.5, 0.6) is 5.75 Å². The van der Waals surface area contributed by atoms with E-state index in [9.17, 15) is 4.79 Å². The van der Waals surface area contributed by atoms with Crippen molar-refractivity contribution in [2.24, 2.45) is 0 Å². The van der Waals surface area contributed by atoms with Crippen LogP contribution in [0, 0.1) is 6.92 Å². The Labute approximate surface area is 132 Å². The minimum absolute atomic E-state index is 0.00161. The Morgan fingerprint density at radius 1 is 1.29 bits per heavy atom. The molecule has 108 valence electrons. The number of halogens is 1. The van der Waals surface area contributed by atoms with Crippen LogP contribution < -0.4 is 10.1 Å². The highest BCUT2D eigenvalue weighted by Gasteiger charge is 2.23. The van der Waals surface area contributed by atoms with Crippen molar-refractivity contribution >= 4 is 21.8 Å². The fraction of sp³-hybridized carbons (Fsp3) is 0.235. The summed E-state index contributed by atoms with van der Waals surface area (Å²) in [6.07, 6.45) is 0.787. The molecule has 0 saturated carbocycles. The van der Waals surface area contributed by atoms with E-state index >= 15 is 0 Å². The van der Waals surface area contributed by atoms with Gasteiger partial charge in [0.2, 0.25) is 0 Å². The third kappa shape index (κ3) is 3.10. The van der Waals surface area contributed by atoms with Crippen LogP contribution in [0.15, 0.2) is 46.9 Å². The van der Waals surface area contributed by atoms with Gasteiger partial charge in [0.1, 0.15) is 5.75 Å². The molecule has 0 aromatic heterocycles. The van der Waals surface area contributed by atoms with Crippen LogP contribution in [0.2, 0.25) is 0 Å². The number of fused-ring (bicyclic) bond motifs is 1. The molecule has 0 radical (unpaired) electrons. The molecule has 0 bridgehead atoms. The molecule has 1 atom stereocenters. The number of hydrogen-bond acceptors (Lipinski definition) is 2. The molecule has 1 amide bonds. The smallest absolute Gasteiger partial charge is 0.251 e. The standard InChI is InChI=1S/C17H16BrNO2/c1-11-8-12(10-13(18)9-11)17(20)19-15-6-7-21-16-5-3-2-4-14(15)16/h2-5,8-10,15H,6-7H2,1H3,(H,19,20). The van der Waals surface area contributed by atoms with E-state index in [2.05, 4.69) is 21.2 Å². The van der Waals surface area contributed by atoms with Crippen molar-refractivity contribution in [1.82, 2.24) is 5.32 Å². The van der Waals surface area contributed by atoms with Crippen molar-refractivity contribution in [2.45, 2.75) is 19.4 Å². The van der Waals surface area contributed by atoms with E-state index in [4.69, 9.17) is 4.74 Å². The van der Waals surface area contributed by atoms with Gasteiger partial charge in [0.25, 0.3) is 5.91 Å². The quantitative estimate of drug-likeness (QED) is 0.892. The third-order valence-electron chi connectivity index (χ3n) is 3.57. The average molecular weight is 346 g/mol. The van der Waals surface area contributed by atoms with E-state index in [-0.39, 0.29) is 11.9 Å². The Balaban J connectivity index is 1.82. The summed E-state index contributed by atoms with van der Waals surface area (Å²) in [5.74, 6) is 0.806. The molecular formula is C17H16BrNO2. The van der Waals surface area contributed by atoms with E-state index in [1.54, 1.807) is 0 Å². The van der Waals surface area contributed by atoms with Crippen LogP contribution in [0.4, 0.5) is 0 Å². The molecule has 2 aromatic rings. The maximum atomic E-state index is 12.5. The Morgan fingerprint density at radius 2 is 2.10 bits per heavy atom. The van der Waals surface area contributed by atoms with Gasteiger partial charge in [-0.3, -0.25) is 4.79 Å². The predicted molar refractivity (Wildman–Crippen MR) is 85.6 cm³/mol. The lowest BCUT2D eigenvalue weighted by atomic mass is 10.00. The van der Waals surface area contributed by atoms with E-state index in [1.807, 2.05) is 49.4 Å². The van der Waals surface area contributed by atoms with Gasteiger partial charge in [0.15, 0.2) is 0 Å². The second-order valence-electron chi connectivity index (χ2n) is 5.22. The fourth-order valence-corrected chi connectivity index (χ4v) is 3.21. The molecule has 1 N–H and O–H groups in total. The number of aryl methyl sites for hydroxylation is 1. The van der Waals surface area contributed by atoms with Crippen molar-refractivity contribution < 1.29 is 9.53 Å². The van der Waals surface area contributed by atoms with Crippen molar-refractivity contribution in [3.8, 4) is 5.75 Å². The highest BCUT2D eigenvalue weighted by molar-refractivity contribution is 9.10. The average Bonchev–Trinajstić information content (AvgIpc) is 2.46. The van der Waals surface area contributed by atoms with Crippen LogP contribution in [-0.4, -0.2) is 12.5 Å². The first-order chi connectivity index (χ1) is 10.1. The van der Waals surface area contributed by atoms with Crippen LogP contribution in [-0.2, 0) is 0 Å². The first kappa shape index (κ1) is 14.1. The SMILES string of the molecule is Cc1cc(Br)cc(C(=O)NC2CCOc3ccccc32)c1. The number of carbonyl (C=O) groups excluding carboxylic acids is 1. The zero-order valence-electron chi connectivity index (χ0n) is 11.7. The summed E-state index contributed by atoms with van der Waals surface area (Å²) in [5.41, 5.74) is 2.77. The van der Waals surface area contributed by atoms with E-state index in [0.717, 1.165) is 27.8 Å². The van der Waals surface area contributed by atoms with E-state index in [0.29, 0.717) is 12.2 Å². The first-order valence-electron chi connectivity index (χ1n) is 6.93. The molecule has 1 heterocycles. The zero-order chi connectivity index (χ0) is 14.8. The van der Waals surface area contributed by atoms with Gasteiger partial charge >= 0.3 is 0 Å². The molecule has 0 fully saturated rings. The predicted octanol–water partition coefficient (Wildman–Crippen LogP) is 4.01. The number of amides is 1. The van der Waals surface area contributed by atoms with Crippen molar-refractivity contribution in [1.29, 1.82) is 0 Å². The lowest BCUT2D eigenvalue weighted by Crippen LogP contribution is -2.32. The van der Waals surface area contributed by atoms with Crippen LogP contribution in [0.25, 0.3) is 0 Å². The van der Waals surface area contributed by atoms with Gasteiger partial charge in [-0.05, 0) is 36.8 Å². The Bertz CT molecular complexity index is 664. The molecule has 1 unspecified atom stereocenters. The Morgan fingerprint density at radius 3 is 2.90 bits per heavy atom. The van der Waals surface area contributed by atoms with E-state index < -0.39 is 0 Å². The number of ether oxygens (including phenoxy) is 1. The molecule has 21 heavy (non-hydrogen) atoms. The third-order valence-corrected chi connectivity index (χ3v) is 4.03. The molecule has 0 aliphatic carbocycles. The topological polar surface area (TPSA) is 38.3 Å². The summed E-state index contributed by atoms with van der Waals surface area (Å²) < 4.78 is 6.54. The normalized spacial score (nSPS) is 16.8. The van der Waals surface area contributed by atoms with Gasteiger partial charge in [0, 0.05) is 22.0 Å². The van der Waals surface area contributed by atoms with Gasteiger partial charge in [-0.15, -0.1) is 0 Å². The van der Waals surface area contributed by atoms with Gasteiger partial charge in [0.05, 0.1) is 12.6 Å².